The molecule has 1 unspecified atom stereocenters. The van der Waals surface area contributed by atoms with Crippen molar-refractivity contribution < 1.29 is 28.2 Å². The van der Waals surface area contributed by atoms with E-state index in [1.165, 1.54) is 21.3 Å². The van der Waals surface area contributed by atoms with Crippen molar-refractivity contribution >= 4 is 28.5 Å². The Hall–Kier alpha value is -3.23. The first-order valence-electron chi connectivity index (χ1n) is 10.3. The van der Waals surface area contributed by atoms with E-state index in [9.17, 15) is 9.59 Å². The zero-order valence-corrected chi connectivity index (χ0v) is 19.5. The Balaban J connectivity index is 1.97. The van der Waals surface area contributed by atoms with Crippen molar-refractivity contribution in [3.63, 3.8) is 0 Å². The van der Waals surface area contributed by atoms with Crippen LogP contribution in [0.1, 0.15) is 34.1 Å². The van der Waals surface area contributed by atoms with Crippen LogP contribution in [0.5, 0.6) is 17.2 Å². The minimum atomic E-state index is -0.710. The molecule has 33 heavy (non-hydrogen) atoms. The first kappa shape index (κ1) is 22.9. The summed E-state index contributed by atoms with van der Waals surface area (Å²) in [5.74, 6) is 0.895. The molecule has 4 rings (SSSR count). The lowest BCUT2D eigenvalue weighted by atomic mass is 9.97. The molecule has 2 aromatic carbocycles. The fourth-order valence-electron chi connectivity index (χ4n) is 4.21. The Morgan fingerprint density at radius 1 is 1.00 bits per heavy atom. The number of hydrogen-bond donors (Lipinski definition) is 0. The van der Waals surface area contributed by atoms with Gasteiger partial charge in [0, 0.05) is 25.3 Å². The van der Waals surface area contributed by atoms with Crippen LogP contribution >= 0.6 is 11.6 Å². The Labute approximate surface area is 195 Å². The lowest BCUT2D eigenvalue weighted by molar-refractivity contribution is 0.0707. The average molecular weight is 474 g/mol. The summed E-state index contributed by atoms with van der Waals surface area (Å²) in [6, 6.07) is 7.52. The fraction of sp³-hybridized carbons (Fsp3) is 0.333. The second-order valence-corrected chi connectivity index (χ2v) is 7.96. The summed E-state index contributed by atoms with van der Waals surface area (Å²) in [6.07, 6.45) is 0.580. The smallest absolute Gasteiger partial charge is 0.290 e. The normalized spacial score (nSPS) is 15.1. The van der Waals surface area contributed by atoms with Crippen molar-refractivity contribution in [2.75, 3.05) is 41.6 Å². The molecule has 8 nitrogen and oxygen atoms in total. The number of amides is 1. The quantitative estimate of drug-likeness (QED) is 0.456. The Morgan fingerprint density at radius 3 is 2.30 bits per heavy atom. The highest BCUT2D eigenvalue weighted by molar-refractivity contribution is 6.31. The SMILES string of the molecule is COCCCN1C(=O)c2oc3ccc(Cl)cc3c(=O)c2C1c1cc(OC)c(OC)c(OC)c1. The predicted molar refractivity (Wildman–Crippen MR) is 123 cm³/mol. The number of ether oxygens (including phenoxy) is 4. The van der Waals surface area contributed by atoms with Gasteiger partial charge in [0.15, 0.2) is 16.9 Å². The number of carbonyl (C=O) groups is 1. The highest BCUT2D eigenvalue weighted by atomic mass is 35.5. The number of methoxy groups -OCH3 is 4. The number of carbonyl (C=O) groups excluding carboxylic acids is 1. The molecule has 0 spiro atoms. The molecule has 1 atom stereocenters. The van der Waals surface area contributed by atoms with E-state index in [1.54, 1.807) is 42.3 Å². The van der Waals surface area contributed by atoms with E-state index >= 15 is 0 Å². The van der Waals surface area contributed by atoms with Crippen LogP contribution < -0.4 is 19.6 Å². The fourth-order valence-corrected chi connectivity index (χ4v) is 4.38. The van der Waals surface area contributed by atoms with Gasteiger partial charge in [-0.25, -0.2) is 0 Å². The van der Waals surface area contributed by atoms with Gasteiger partial charge >= 0.3 is 0 Å². The van der Waals surface area contributed by atoms with Crippen LogP contribution in [0, 0.1) is 0 Å². The topological polar surface area (TPSA) is 87.4 Å². The van der Waals surface area contributed by atoms with Gasteiger partial charge in [-0.1, -0.05) is 11.6 Å². The number of benzene rings is 2. The maximum atomic E-state index is 13.6. The number of rotatable bonds is 8. The van der Waals surface area contributed by atoms with E-state index in [-0.39, 0.29) is 22.7 Å². The number of nitrogens with zero attached hydrogens (tertiary/aromatic N) is 1. The van der Waals surface area contributed by atoms with Gasteiger partial charge < -0.3 is 28.3 Å². The summed E-state index contributed by atoms with van der Waals surface area (Å²) in [5.41, 5.74) is 0.873. The van der Waals surface area contributed by atoms with Crippen LogP contribution in [0.4, 0.5) is 0 Å². The monoisotopic (exact) mass is 473 g/mol. The summed E-state index contributed by atoms with van der Waals surface area (Å²) >= 11 is 6.13. The van der Waals surface area contributed by atoms with E-state index in [1.807, 2.05) is 0 Å². The third kappa shape index (κ3) is 3.89. The minimum Gasteiger partial charge on any atom is -0.493 e. The molecule has 0 bridgehead atoms. The van der Waals surface area contributed by atoms with Crippen LogP contribution in [0.3, 0.4) is 0 Å². The van der Waals surface area contributed by atoms with Crippen molar-refractivity contribution in [3.05, 3.63) is 62.5 Å². The molecule has 1 amide bonds. The lowest BCUT2D eigenvalue weighted by Crippen LogP contribution is -2.31. The number of hydrogen-bond acceptors (Lipinski definition) is 7. The van der Waals surface area contributed by atoms with E-state index in [4.69, 9.17) is 35.0 Å². The van der Waals surface area contributed by atoms with Gasteiger partial charge in [0.05, 0.1) is 38.3 Å². The zero-order chi connectivity index (χ0) is 23.7. The van der Waals surface area contributed by atoms with Crippen molar-refractivity contribution in [3.8, 4) is 17.2 Å². The van der Waals surface area contributed by atoms with E-state index in [2.05, 4.69) is 0 Å². The van der Waals surface area contributed by atoms with Gasteiger partial charge in [0.1, 0.15) is 5.58 Å². The average Bonchev–Trinajstić information content (AvgIpc) is 3.10. The highest BCUT2D eigenvalue weighted by Crippen LogP contribution is 2.45. The highest BCUT2D eigenvalue weighted by Gasteiger charge is 2.43. The van der Waals surface area contributed by atoms with Gasteiger partial charge in [-0.05, 0) is 42.3 Å². The Kier molecular flexibility index (Phi) is 6.49. The van der Waals surface area contributed by atoms with E-state index in [0.29, 0.717) is 58.4 Å². The molecular weight excluding hydrogens is 450 g/mol. The van der Waals surface area contributed by atoms with Gasteiger partial charge in [-0.3, -0.25) is 9.59 Å². The third-order valence-electron chi connectivity index (χ3n) is 5.68. The molecule has 9 heteroatoms. The molecule has 0 aliphatic carbocycles. The molecule has 1 aromatic heterocycles. The standard InChI is InChI=1S/C24H24ClNO7/c1-29-9-5-8-26-20(13-10-17(30-2)22(32-4)18(11-13)31-3)19-21(27)15-12-14(25)6-7-16(15)33-23(19)24(26)28/h6-7,10-12,20H,5,8-9H2,1-4H3. The summed E-state index contributed by atoms with van der Waals surface area (Å²) in [7, 11) is 6.12. The summed E-state index contributed by atoms with van der Waals surface area (Å²) in [5, 5.41) is 0.714. The van der Waals surface area contributed by atoms with Gasteiger partial charge in [-0.2, -0.15) is 0 Å². The van der Waals surface area contributed by atoms with Crippen LogP contribution in [0.15, 0.2) is 39.5 Å². The molecule has 1 aliphatic rings. The molecule has 0 radical (unpaired) electrons. The summed E-state index contributed by atoms with van der Waals surface area (Å²) < 4.78 is 27.5. The van der Waals surface area contributed by atoms with E-state index in [0.717, 1.165) is 0 Å². The summed E-state index contributed by atoms with van der Waals surface area (Å²) in [6.45, 7) is 0.815. The minimum absolute atomic E-state index is 0.0194. The Morgan fingerprint density at radius 2 is 1.70 bits per heavy atom. The second kappa shape index (κ2) is 9.33. The molecule has 0 N–H and O–H groups in total. The molecule has 0 saturated carbocycles. The molecule has 174 valence electrons. The first-order chi connectivity index (χ1) is 15.9. The van der Waals surface area contributed by atoms with Crippen molar-refractivity contribution in [2.24, 2.45) is 0 Å². The molecule has 2 heterocycles. The van der Waals surface area contributed by atoms with Gasteiger partial charge in [0.25, 0.3) is 5.91 Å². The van der Waals surface area contributed by atoms with Crippen LogP contribution in [0.25, 0.3) is 11.0 Å². The maximum absolute atomic E-state index is 13.6. The molecule has 0 saturated heterocycles. The lowest BCUT2D eigenvalue weighted by Gasteiger charge is -2.26. The molecule has 0 fully saturated rings. The van der Waals surface area contributed by atoms with E-state index < -0.39 is 6.04 Å². The maximum Gasteiger partial charge on any atom is 0.290 e. The third-order valence-corrected chi connectivity index (χ3v) is 5.91. The van der Waals surface area contributed by atoms with Crippen LogP contribution in [-0.2, 0) is 4.74 Å². The van der Waals surface area contributed by atoms with Crippen molar-refractivity contribution in [2.45, 2.75) is 12.5 Å². The predicted octanol–water partition coefficient (Wildman–Crippen LogP) is 4.05. The largest absolute Gasteiger partial charge is 0.493 e. The zero-order valence-electron chi connectivity index (χ0n) is 18.8. The first-order valence-corrected chi connectivity index (χ1v) is 10.7. The van der Waals surface area contributed by atoms with Crippen LogP contribution in [0.2, 0.25) is 5.02 Å². The van der Waals surface area contributed by atoms with Gasteiger partial charge in [-0.15, -0.1) is 0 Å². The molecule has 3 aromatic rings. The van der Waals surface area contributed by atoms with Crippen LogP contribution in [-0.4, -0.2) is 52.4 Å². The Bertz CT molecular complexity index is 1240. The number of fused-ring (bicyclic) bond motifs is 2. The number of halogens is 1. The van der Waals surface area contributed by atoms with Crippen molar-refractivity contribution in [1.29, 1.82) is 0 Å². The summed E-state index contributed by atoms with van der Waals surface area (Å²) in [4.78, 5) is 28.6. The van der Waals surface area contributed by atoms with Crippen molar-refractivity contribution in [1.82, 2.24) is 4.90 Å². The molecular formula is C24H24ClNO7. The van der Waals surface area contributed by atoms with Gasteiger partial charge in [0.2, 0.25) is 11.5 Å². The second-order valence-electron chi connectivity index (χ2n) is 7.52. The molecule has 1 aliphatic heterocycles.